The topological polar surface area (TPSA) is 33.7 Å². The largest absolute Gasteiger partial charge is 0.497 e. The molecule has 0 aliphatic carbocycles. The predicted octanol–water partition coefficient (Wildman–Crippen LogP) is 1.65. The third-order valence-corrected chi connectivity index (χ3v) is 3.51. The summed E-state index contributed by atoms with van der Waals surface area (Å²) in [4.78, 5) is 2.40. The van der Waals surface area contributed by atoms with E-state index in [1.54, 1.807) is 19.2 Å². The lowest BCUT2D eigenvalue weighted by Crippen LogP contribution is -2.37. The fourth-order valence-corrected chi connectivity index (χ4v) is 2.27. The maximum atomic E-state index is 13.7. The van der Waals surface area contributed by atoms with E-state index in [1.807, 2.05) is 0 Å². The zero-order chi connectivity index (χ0) is 14.2. The summed E-state index contributed by atoms with van der Waals surface area (Å²) in [5.41, 5.74) is 0.678. The maximum absolute atomic E-state index is 13.7. The Labute approximate surface area is 119 Å². The van der Waals surface area contributed by atoms with Crippen molar-refractivity contribution in [3.8, 4) is 5.75 Å². The quantitative estimate of drug-likeness (QED) is 0.771. The summed E-state index contributed by atoms with van der Waals surface area (Å²) in [7, 11) is 1.54. The van der Waals surface area contributed by atoms with Crippen LogP contribution in [0.15, 0.2) is 18.2 Å². The van der Waals surface area contributed by atoms with Crippen molar-refractivity contribution >= 4 is 0 Å². The fraction of sp³-hybridized carbons (Fsp3) is 0.600. The van der Waals surface area contributed by atoms with E-state index in [2.05, 4.69) is 10.2 Å². The number of methoxy groups -OCH3 is 1. The standard InChI is InChI=1S/C15H23FN2O2/c1-19-14-4-3-13(15(16)11-14)12-17-5-2-6-18-7-9-20-10-8-18/h3-4,11,17H,2,5-10,12H2,1H3. The van der Waals surface area contributed by atoms with E-state index in [9.17, 15) is 4.39 Å². The van der Waals surface area contributed by atoms with Crippen LogP contribution < -0.4 is 10.1 Å². The molecule has 1 fully saturated rings. The zero-order valence-corrected chi connectivity index (χ0v) is 12.0. The number of ether oxygens (including phenoxy) is 2. The molecule has 0 bridgehead atoms. The lowest BCUT2D eigenvalue weighted by molar-refractivity contribution is 0.0374. The third kappa shape index (κ3) is 4.74. The number of benzene rings is 1. The summed E-state index contributed by atoms with van der Waals surface area (Å²) in [5, 5.41) is 3.28. The van der Waals surface area contributed by atoms with Gasteiger partial charge in [-0.15, -0.1) is 0 Å². The van der Waals surface area contributed by atoms with E-state index in [4.69, 9.17) is 9.47 Å². The summed E-state index contributed by atoms with van der Waals surface area (Å²) in [5.74, 6) is 0.337. The van der Waals surface area contributed by atoms with Gasteiger partial charge in [-0.3, -0.25) is 4.90 Å². The van der Waals surface area contributed by atoms with Crippen LogP contribution in [0.25, 0.3) is 0 Å². The SMILES string of the molecule is COc1ccc(CNCCCN2CCOCC2)c(F)c1. The van der Waals surface area contributed by atoms with Gasteiger partial charge in [0, 0.05) is 31.3 Å². The van der Waals surface area contributed by atoms with E-state index < -0.39 is 0 Å². The molecule has 0 unspecified atom stereocenters. The van der Waals surface area contributed by atoms with Crippen LogP contribution >= 0.6 is 0 Å². The van der Waals surface area contributed by atoms with Crippen molar-refractivity contribution in [2.24, 2.45) is 0 Å². The molecule has 1 aromatic carbocycles. The highest BCUT2D eigenvalue weighted by Gasteiger charge is 2.09. The Hall–Kier alpha value is -1.17. The molecule has 1 N–H and O–H groups in total. The van der Waals surface area contributed by atoms with Crippen molar-refractivity contribution in [3.05, 3.63) is 29.6 Å². The Morgan fingerprint density at radius 3 is 2.85 bits per heavy atom. The van der Waals surface area contributed by atoms with E-state index in [-0.39, 0.29) is 5.82 Å². The molecule has 1 saturated heterocycles. The van der Waals surface area contributed by atoms with Gasteiger partial charge in [-0.2, -0.15) is 0 Å². The molecule has 0 radical (unpaired) electrons. The number of hydrogen-bond donors (Lipinski definition) is 1. The van der Waals surface area contributed by atoms with Crippen LogP contribution in [0.3, 0.4) is 0 Å². The van der Waals surface area contributed by atoms with Crippen LogP contribution in [0.2, 0.25) is 0 Å². The number of halogens is 1. The summed E-state index contributed by atoms with van der Waals surface area (Å²) < 4.78 is 24.0. The highest BCUT2D eigenvalue weighted by Crippen LogP contribution is 2.15. The molecule has 0 amide bonds. The van der Waals surface area contributed by atoms with Crippen LogP contribution in [0.5, 0.6) is 5.75 Å². The molecule has 4 nitrogen and oxygen atoms in total. The molecule has 0 saturated carbocycles. The second kappa shape index (κ2) is 8.19. The predicted molar refractivity (Wildman–Crippen MR) is 76.5 cm³/mol. The molecule has 0 aromatic heterocycles. The van der Waals surface area contributed by atoms with Crippen molar-refractivity contribution in [3.63, 3.8) is 0 Å². The first-order valence-corrected chi connectivity index (χ1v) is 7.13. The van der Waals surface area contributed by atoms with Gasteiger partial charge in [0.2, 0.25) is 0 Å². The van der Waals surface area contributed by atoms with Crippen molar-refractivity contribution in [1.82, 2.24) is 10.2 Å². The molecule has 0 atom stereocenters. The third-order valence-electron chi connectivity index (χ3n) is 3.51. The minimum atomic E-state index is -0.218. The Bertz CT molecular complexity index is 409. The Morgan fingerprint density at radius 2 is 2.15 bits per heavy atom. The molecule has 20 heavy (non-hydrogen) atoms. The molecule has 1 aliphatic rings. The molecule has 5 heteroatoms. The van der Waals surface area contributed by atoms with E-state index in [0.29, 0.717) is 17.9 Å². The summed E-state index contributed by atoms with van der Waals surface area (Å²) in [6, 6.07) is 4.97. The molecule has 1 heterocycles. The van der Waals surface area contributed by atoms with Gasteiger partial charge in [0.25, 0.3) is 0 Å². The average Bonchev–Trinajstić information content (AvgIpc) is 2.49. The number of rotatable bonds is 7. The molecular formula is C15H23FN2O2. The Morgan fingerprint density at radius 1 is 1.35 bits per heavy atom. The highest BCUT2D eigenvalue weighted by atomic mass is 19.1. The van der Waals surface area contributed by atoms with Crippen LogP contribution in [0, 0.1) is 5.82 Å². The lowest BCUT2D eigenvalue weighted by atomic mass is 10.2. The molecule has 1 aliphatic heterocycles. The summed E-state index contributed by atoms with van der Waals surface area (Å²) >= 11 is 0. The van der Waals surface area contributed by atoms with Gasteiger partial charge in [-0.1, -0.05) is 6.07 Å². The van der Waals surface area contributed by atoms with Crippen molar-refractivity contribution in [1.29, 1.82) is 0 Å². The van der Waals surface area contributed by atoms with Crippen LogP contribution in [0.1, 0.15) is 12.0 Å². The van der Waals surface area contributed by atoms with Crippen molar-refractivity contribution in [2.75, 3.05) is 46.5 Å². The first kappa shape index (κ1) is 15.2. The minimum absolute atomic E-state index is 0.218. The second-order valence-electron chi connectivity index (χ2n) is 4.94. The van der Waals surface area contributed by atoms with Gasteiger partial charge in [-0.25, -0.2) is 4.39 Å². The van der Waals surface area contributed by atoms with Gasteiger partial charge in [0.15, 0.2) is 0 Å². The number of hydrogen-bond acceptors (Lipinski definition) is 4. The van der Waals surface area contributed by atoms with Crippen molar-refractivity contribution < 1.29 is 13.9 Å². The number of morpholine rings is 1. The fourth-order valence-electron chi connectivity index (χ4n) is 2.27. The van der Waals surface area contributed by atoms with E-state index >= 15 is 0 Å². The smallest absolute Gasteiger partial charge is 0.131 e. The zero-order valence-electron chi connectivity index (χ0n) is 12.0. The average molecular weight is 282 g/mol. The monoisotopic (exact) mass is 282 g/mol. The van der Waals surface area contributed by atoms with Crippen LogP contribution in [0.4, 0.5) is 4.39 Å². The van der Waals surface area contributed by atoms with E-state index in [0.717, 1.165) is 45.8 Å². The maximum Gasteiger partial charge on any atom is 0.131 e. The van der Waals surface area contributed by atoms with Gasteiger partial charge in [0.05, 0.1) is 20.3 Å². The highest BCUT2D eigenvalue weighted by molar-refractivity contribution is 5.28. The molecular weight excluding hydrogens is 259 g/mol. The Kier molecular flexibility index (Phi) is 6.24. The van der Waals surface area contributed by atoms with Gasteiger partial charge in [0.1, 0.15) is 11.6 Å². The summed E-state index contributed by atoms with van der Waals surface area (Å²) in [6.45, 7) is 6.23. The molecule has 1 aromatic rings. The first-order chi connectivity index (χ1) is 9.79. The first-order valence-electron chi connectivity index (χ1n) is 7.13. The molecule has 2 rings (SSSR count). The number of nitrogens with one attached hydrogen (secondary N) is 1. The second-order valence-corrected chi connectivity index (χ2v) is 4.94. The lowest BCUT2D eigenvalue weighted by Gasteiger charge is -2.26. The van der Waals surface area contributed by atoms with Gasteiger partial charge in [-0.05, 0) is 25.6 Å². The van der Waals surface area contributed by atoms with Gasteiger partial charge < -0.3 is 14.8 Å². The molecule has 112 valence electrons. The Balaban J connectivity index is 1.63. The van der Waals surface area contributed by atoms with E-state index in [1.165, 1.54) is 6.07 Å². The number of nitrogens with zero attached hydrogens (tertiary/aromatic N) is 1. The summed E-state index contributed by atoms with van der Waals surface area (Å²) in [6.07, 6.45) is 1.07. The van der Waals surface area contributed by atoms with Gasteiger partial charge >= 0.3 is 0 Å². The normalized spacial score (nSPS) is 16.3. The van der Waals surface area contributed by atoms with Crippen LogP contribution in [-0.2, 0) is 11.3 Å². The van der Waals surface area contributed by atoms with Crippen LogP contribution in [-0.4, -0.2) is 51.4 Å². The van der Waals surface area contributed by atoms with Crippen molar-refractivity contribution in [2.45, 2.75) is 13.0 Å². The minimum Gasteiger partial charge on any atom is -0.497 e. The molecule has 0 spiro atoms.